The van der Waals surface area contributed by atoms with Crippen molar-refractivity contribution in [1.82, 2.24) is 14.5 Å². The Morgan fingerprint density at radius 1 is 0.474 bits per heavy atom. The molecule has 0 saturated carbocycles. The van der Waals surface area contributed by atoms with Crippen LogP contribution in [0.4, 0.5) is 0 Å². The van der Waals surface area contributed by atoms with Gasteiger partial charge in [-0.2, -0.15) is 0 Å². The molecule has 1 aliphatic rings. The minimum Gasteiger partial charge on any atom is -0.277 e. The summed E-state index contributed by atoms with van der Waals surface area (Å²) in [6, 6.07) is 60.2. The first-order valence-corrected chi connectivity index (χ1v) is 20.5. The maximum Gasteiger partial charge on any atom is 0.235 e. The lowest BCUT2D eigenvalue weighted by Gasteiger charge is -2.24. The summed E-state index contributed by atoms with van der Waals surface area (Å²) in [6.45, 7) is 4.66. The van der Waals surface area contributed by atoms with E-state index in [1.165, 1.54) is 90.7 Å². The number of rotatable bonds is 2. The van der Waals surface area contributed by atoms with E-state index >= 15 is 0 Å². The fraction of sp³-hybridized carbons (Fsp3) is 0.0566. The van der Waals surface area contributed by atoms with Gasteiger partial charge in [-0.1, -0.05) is 159 Å². The average Bonchev–Trinajstić information content (AvgIpc) is 3.88. The Labute approximate surface area is 332 Å². The van der Waals surface area contributed by atoms with Gasteiger partial charge in [0.1, 0.15) is 0 Å². The van der Waals surface area contributed by atoms with Crippen molar-refractivity contribution in [2.75, 3.05) is 0 Å². The Kier molecular flexibility index (Phi) is 6.12. The lowest BCUT2D eigenvalue weighted by Crippen LogP contribution is -2.18. The van der Waals surface area contributed by atoms with Crippen LogP contribution >= 0.6 is 11.3 Å². The third kappa shape index (κ3) is 4.10. The third-order valence-corrected chi connectivity index (χ3v) is 13.9. The van der Waals surface area contributed by atoms with E-state index in [1.54, 1.807) is 0 Å². The molecule has 0 radical (unpaired) electrons. The zero-order valence-electron chi connectivity index (χ0n) is 31.3. The van der Waals surface area contributed by atoms with Gasteiger partial charge in [0, 0.05) is 63.8 Å². The molecule has 0 amide bonds. The van der Waals surface area contributed by atoms with Crippen LogP contribution in [0, 0.1) is 0 Å². The highest BCUT2D eigenvalue weighted by Gasteiger charge is 2.40. The quantitative estimate of drug-likeness (QED) is 0.165. The van der Waals surface area contributed by atoms with Crippen molar-refractivity contribution < 1.29 is 0 Å². The number of hydrogen-bond donors (Lipinski definition) is 0. The smallest absolute Gasteiger partial charge is 0.235 e. The van der Waals surface area contributed by atoms with Gasteiger partial charge in [-0.3, -0.25) is 4.57 Å². The van der Waals surface area contributed by atoms with E-state index in [2.05, 4.69) is 182 Å². The Bertz CT molecular complexity index is 3700. The molecule has 0 aliphatic heterocycles. The number of aromatic nitrogens is 3. The molecule has 57 heavy (non-hydrogen) atoms. The van der Waals surface area contributed by atoms with Crippen molar-refractivity contribution in [3.05, 3.63) is 175 Å². The van der Waals surface area contributed by atoms with Crippen molar-refractivity contribution >= 4 is 96.4 Å². The van der Waals surface area contributed by atoms with Gasteiger partial charge in [0.15, 0.2) is 0 Å². The Morgan fingerprint density at radius 3 is 1.89 bits per heavy atom. The second-order valence-corrected chi connectivity index (χ2v) is 17.2. The van der Waals surface area contributed by atoms with Crippen LogP contribution in [0.5, 0.6) is 0 Å². The van der Waals surface area contributed by atoms with Crippen LogP contribution in [-0.2, 0) is 5.41 Å². The van der Waals surface area contributed by atoms with Crippen LogP contribution < -0.4 is 0 Å². The van der Waals surface area contributed by atoms with Crippen molar-refractivity contribution in [3.8, 4) is 28.5 Å². The fourth-order valence-electron chi connectivity index (χ4n) is 10.3. The van der Waals surface area contributed by atoms with E-state index < -0.39 is 0 Å². The molecular weight excluding hydrogens is 711 g/mol. The Hall–Kier alpha value is -6.88. The zero-order valence-corrected chi connectivity index (χ0v) is 32.2. The molecule has 266 valence electrons. The number of thiophene rings is 1. The molecule has 9 aromatic carbocycles. The molecule has 13 rings (SSSR count). The van der Waals surface area contributed by atoms with Crippen molar-refractivity contribution in [2.24, 2.45) is 0 Å². The Morgan fingerprint density at radius 2 is 1.07 bits per heavy atom. The van der Waals surface area contributed by atoms with E-state index in [9.17, 15) is 0 Å². The maximum atomic E-state index is 5.75. The Balaban J connectivity index is 1.21. The molecule has 4 heteroatoms. The summed E-state index contributed by atoms with van der Waals surface area (Å²) < 4.78 is 4.94. The van der Waals surface area contributed by atoms with Crippen LogP contribution in [0.25, 0.3) is 114 Å². The van der Waals surface area contributed by atoms with E-state index in [0.29, 0.717) is 5.95 Å². The monoisotopic (exact) mass is 743 g/mol. The number of hydrogen-bond acceptors (Lipinski definition) is 3. The van der Waals surface area contributed by atoms with Crippen LogP contribution in [0.15, 0.2) is 164 Å². The molecular formula is C53H33N3S. The molecule has 12 aromatic rings. The highest BCUT2D eigenvalue weighted by Crippen LogP contribution is 2.52. The molecule has 3 nitrogen and oxygen atoms in total. The summed E-state index contributed by atoms with van der Waals surface area (Å²) in [6.07, 6.45) is 0. The highest BCUT2D eigenvalue weighted by molar-refractivity contribution is 7.25. The largest absolute Gasteiger partial charge is 0.277 e. The predicted octanol–water partition coefficient (Wildman–Crippen LogP) is 14.5. The first-order chi connectivity index (χ1) is 28.0. The highest BCUT2D eigenvalue weighted by atomic mass is 32.1. The van der Waals surface area contributed by atoms with Gasteiger partial charge in [-0.05, 0) is 56.1 Å². The van der Waals surface area contributed by atoms with Crippen LogP contribution in [0.3, 0.4) is 0 Å². The molecule has 0 bridgehead atoms. The normalized spacial score (nSPS) is 13.6. The van der Waals surface area contributed by atoms with Crippen molar-refractivity contribution in [1.29, 1.82) is 0 Å². The second-order valence-electron chi connectivity index (χ2n) is 16.1. The number of nitrogens with zero attached hydrogens (tertiary/aromatic N) is 3. The molecule has 0 saturated heterocycles. The molecule has 0 spiro atoms. The van der Waals surface area contributed by atoms with Crippen molar-refractivity contribution in [3.63, 3.8) is 0 Å². The van der Waals surface area contributed by atoms with E-state index in [-0.39, 0.29) is 5.41 Å². The van der Waals surface area contributed by atoms with Gasteiger partial charge in [-0.15, -0.1) is 11.3 Å². The van der Waals surface area contributed by atoms with E-state index in [0.717, 1.165) is 28.0 Å². The lowest BCUT2D eigenvalue weighted by molar-refractivity contribution is 0.657. The molecule has 3 heterocycles. The summed E-state index contributed by atoms with van der Waals surface area (Å²) in [5.74, 6) is 0.688. The van der Waals surface area contributed by atoms with Gasteiger partial charge in [0.25, 0.3) is 0 Å². The summed E-state index contributed by atoms with van der Waals surface area (Å²) in [5.41, 5.74) is 8.70. The molecule has 0 atom stereocenters. The third-order valence-electron chi connectivity index (χ3n) is 12.8. The van der Waals surface area contributed by atoms with Gasteiger partial charge in [0.2, 0.25) is 5.95 Å². The molecule has 0 N–H and O–H groups in total. The maximum absolute atomic E-state index is 5.75. The first-order valence-electron chi connectivity index (χ1n) is 19.7. The number of fused-ring (bicyclic) bond motifs is 18. The SMILES string of the molecule is CC1(C)c2ccccc2-c2nc(-n3c4ccc5c6ccccc6c6ccccc6c5c4c4ccc5ccccc5c43)nc(-c3ccc4c(c3)sc3ccccc34)c21. The average molecular weight is 744 g/mol. The summed E-state index contributed by atoms with van der Waals surface area (Å²) in [7, 11) is 0. The van der Waals surface area contributed by atoms with Crippen LogP contribution in [0.1, 0.15) is 25.0 Å². The summed E-state index contributed by atoms with van der Waals surface area (Å²) in [5, 5.41) is 15.0. The second kappa shape index (κ2) is 11.1. The van der Waals surface area contributed by atoms with E-state index in [4.69, 9.17) is 9.97 Å². The first kappa shape index (κ1) is 31.3. The molecule has 1 aliphatic carbocycles. The van der Waals surface area contributed by atoms with E-state index in [1.807, 2.05) is 11.3 Å². The minimum absolute atomic E-state index is 0.293. The zero-order chi connectivity index (χ0) is 37.6. The minimum atomic E-state index is -0.293. The predicted molar refractivity (Wildman–Crippen MR) is 242 cm³/mol. The van der Waals surface area contributed by atoms with Crippen LogP contribution in [0.2, 0.25) is 0 Å². The van der Waals surface area contributed by atoms with Gasteiger partial charge in [-0.25, -0.2) is 9.97 Å². The standard InChI is InChI=1S/C53H33N3S/c1-53(2)42-21-11-9-20-40(42)50-48(53)49(31-24-25-37-36-18-10-12-22-44(36)57-45(37)29-31)54-52(55-50)56-43-28-27-39-35-17-6-5-15-33(35)34-16-7-8-19-38(34)46(39)47(43)41-26-23-30-13-3-4-14-32(30)51(41)56/h3-29H,1-2H3. The lowest BCUT2D eigenvalue weighted by atomic mass is 9.81. The van der Waals surface area contributed by atoms with Crippen molar-refractivity contribution in [2.45, 2.75) is 19.3 Å². The summed E-state index contributed by atoms with van der Waals surface area (Å²) in [4.78, 5) is 11.4. The van der Waals surface area contributed by atoms with Gasteiger partial charge < -0.3 is 0 Å². The van der Waals surface area contributed by atoms with Gasteiger partial charge >= 0.3 is 0 Å². The molecule has 0 fully saturated rings. The van der Waals surface area contributed by atoms with Gasteiger partial charge in [0.05, 0.1) is 22.4 Å². The molecule has 0 unspecified atom stereocenters. The van der Waals surface area contributed by atoms with Crippen LogP contribution in [-0.4, -0.2) is 14.5 Å². The summed E-state index contributed by atoms with van der Waals surface area (Å²) >= 11 is 1.85. The topological polar surface area (TPSA) is 30.7 Å². The number of benzene rings is 9. The fourth-order valence-corrected chi connectivity index (χ4v) is 11.4. The molecule has 3 aromatic heterocycles.